The van der Waals surface area contributed by atoms with E-state index in [1.54, 1.807) is 6.20 Å². The van der Waals surface area contributed by atoms with Crippen LogP contribution in [-0.2, 0) is 4.74 Å². The molecule has 0 fully saturated rings. The van der Waals surface area contributed by atoms with E-state index >= 15 is 0 Å². The fourth-order valence-corrected chi connectivity index (χ4v) is 2.47. The summed E-state index contributed by atoms with van der Waals surface area (Å²) >= 11 is 0. The molecule has 19 heavy (non-hydrogen) atoms. The predicted octanol–water partition coefficient (Wildman–Crippen LogP) is 3.44. The van der Waals surface area contributed by atoms with Crippen LogP contribution in [0.15, 0.2) is 36.5 Å². The molecule has 1 aromatic heterocycles. The van der Waals surface area contributed by atoms with E-state index in [0.29, 0.717) is 6.61 Å². The average Bonchev–Trinajstić information content (AvgIpc) is 2.46. The second kappa shape index (κ2) is 5.68. The molecule has 2 atom stereocenters. The van der Waals surface area contributed by atoms with E-state index < -0.39 is 0 Å². The van der Waals surface area contributed by atoms with Crippen LogP contribution >= 0.6 is 0 Å². The summed E-state index contributed by atoms with van der Waals surface area (Å²) in [5.74, 6) is 0. The smallest absolute Gasteiger partial charge is 0.0843 e. The Morgan fingerprint density at radius 3 is 2.74 bits per heavy atom. The maximum Gasteiger partial charge on any atom is 0.0843 e. The number of benzene rings is 1. The third kappa shape index (κ3) is 2.62. The summed E-state index contributed by atoms with van der Waals surface area (Å²) in [6.45, 7) is 6.86. The molecule has 2 rings (SSSR count). The number of ether oxygens (including phenoxy) is 1. The van der Waals surface area contributed by atoms with E-state index in [4.69, 9.17) is 10.5 Å². The van der Waals surface area contributed by atoms with Crippen molar-refractivity contribution in [1.82, 2.24) is 4.98 Å². The summed E-state index contributed by atoms with van der Waals surface area (Å²) in [5, 5.41) is 1.11. The van der Waals surface area contributed by atoms with Gasteiger partial charge in [0.25, 0.3) is 0 Å². The Kier molecular flexibility index (Phi) is 4.17. The molecule has 0 amide bonds. The van der Waals surface area contributed by atoms with Crippen LogP contribution in [0.5, 0.6) is 0 Å². The number of hydrogen-bond donors (Lipinski definition) is 1. The molecule has 3 nitrogen and oxygen atoms in total. The summed E-state index contributed by atoms with van der Waals surface area (Å²) in [4.78, 5) is 4.38. The number of hydrogen-bond acceptors (Lipinski definition) is 3. The summed E-state index contributed by atoms with van der Waals surface area (Å²) in [5.41, 5.74) is 8.21. The molecule has 0 aliphatic carbocycles. The summed E-state index contributed by atoms with van der Waals surface area (Å²) < 4.78 is 5.90. The monoisotopic (exact) mass is 258 g/mol. The minimum Gasteiger partial charge on any atom is -0.374 e. The van der Waals surface area contributed by atoms with Crippen molar-refractivity contribution < 1.29 is 4.74 Å². The average molecular weight is 258 g/mol. The zero-order valence-electron chi connectivity index (χ0n) is 11.9. The first-order chi connectivity index (χ1) is 9.12. The summed E-state index contributed by atoms with van der Waals surface area (Å²) in [6, 6.07) is 9.94. The van der Waals surface area contributed by atoms with Crippen molar-refractivity contribution >= 4 is 10.9 Å². The molecule has 0 radical (unpaired) electrons. The fourth-order valence-electron chi connectivity index (χ4n) is 2.47. The Hall–Kier alpha value is -1.45. The molecular formula is C16H22N2O. The standard InChI is InChI=1S/C16H22N2O/c1-4-16(3,19-5-2)15(17)13-8-6-10-14-12(13)9-7-11-18-14/h6-11,15H,4-5,17H2,1-3H3. The maximum absolute atomic E-state index is 6.48. The summed E-state index contributed by atoms with van der Waals surface area (Å²) in [7, 11) is 0. The van der Waals surface area contributed by atoms with Gasteiger partial charge in [-0.25, -0.2) is 0 Å². The molecule has 0 bridgehead atoms. The third-order valence-corrected chi connectivity index (χ3v) is 3.85. The highest BCUT2D eigenvalue weighted by molar-refractivity contribution is 5.82. The van der Waals surface area contributed by atoms with Gasteiger partial charge >= 0.3 is 0 Å². The number of fused-ring (bicyclic) bond motifs is 1. The van der Waals surface area contributed by atoms with Gasteiger partial charge in [-0.2, -0.15) is 0 Å². The third-order valence-electron chi connectivity index (χ3n) is 3.85. The largest absolute Gasteiger partial charge is 0.374 e. The van der Waals surface area contributed by atoms with E-state index in [1.165, 1.54) is 0 Å². The Balaban J connectivity index is 2.49. The van der Waals surface area contributed by atoms with Crippen LogP contribution in [-0.4, -0.2) is 17.2 Å². The van der Waals surface area contributed by atoms with Crippen LogP contribution in [0.25, 0.3) is 10.9 Å². The molecule has 0 aliphatic heterocycles. The lowest BCUT2D eigenvalue weighted by atomic mass is 9.86. The maximum atomic E-state index is 6.48. The molecule has 2 aromatic rings. The van der Waals surface area contributed by atoms with Crippen molar-refractivity contribution in [3.63, 3.8) is 0 Å². The number of nitrogens with two attached hydrogens (primary N) is 1. The van der Waals surface area contributed by atoms with Gasteiger partial charge in [-0.1, -0.05) is 25.1 Å². The van der Waals surface area contributed by atoms with Crippen LogP contribution in [0.1, 0.15) is 38.8 Å². The van der Waals surface area contributed by atoms with Crippen LogP contribution in [0, 0.1) is 0 Å². The second-order valence-corrected chi connectivity index (χ2v) is 4.99. The van der Waals surface area contributed by atoms with E-state index in [2.05, 4.69) is 31.0 Å². The Morgan fingerprint density at radius 1 is 1.26 bits per heavy atom. The Bertz CT molecular complexity index is 550. The van der Waals surface area contributed by atoms with Crippen molar-refractivity contribution in [2.45, 2.75) is 38.8 Å². The Morgan fingerprint density at radius 2 is 2.05 bits per heavy atom. The lowest BCUT2D eigenvalue weighted by Gasteiger charge is -2.35. The quantitative estimate of drug-likeness (QED) is 0.893. The molecule has 2 N–H and O–H groups in total. The molecule has 0 saturated carbocycles. The molecule has 3 heteroatoms. The predicted molar refractivity (Wildman–Crippen MR) is 79.0 cm³/mol. The van der Waals surface area contributed by atoms with Gasteiger partial charge in [-0.15, -0.1) is 0 Å². The van der Waals surface area contributed by atoms with Gasteiger partial charge in [0.2, 0.25) is 0 Å². The Labute approximate surface area is 114 Å². The van der Waals surface area contributed by atoms with Crippen molar-refractivity contribution in [3.05, 3.63) is 42.1 Å². The van der Waals surface area contributed by atoms with E-state index in [1.807, 2.05) is 25.1 Å². The van der Waals surface area contributed by atoms with Gasteiger partial charge in [0.15, 0.2) is 0 Å². The normalized spacial score (nSPS) is 16.2. The zero-order valence-corrected chi connectivity index (χ0v) is 11.9. The lowest BCUT2D eigenvalue weighted by molar-refractivity contribution is -0.0469. The molecule has 1 aromatic carbocycles. The molecule has 0 spiro atoms. The van der Waals surface area contributed by atoms with Gasteiger partial charge in [0, 0.05) is 18.2 Å². The SMILES string of the molecule is CCOC(C)(CC)C(N)c1cccc2ncccc12. The first-order valence-electron chi connectivity index (χ1n) is 6.85. The van der Waals surface area contributed by atoms with Crippen LogP contribution in [0.4, 0.5) is 0 Å². The highest BCUT2D eigenvalue weighted by atomic mass is 16.5. The van der Waals surface area contributed by atoms with Gasteiger partial charge in [0.1, 0.15) is 0 Å². The molecule has 0 aliphatic rings. The number of pyridine rings is 1. The van der Waals surface area contributed by atoms with Crippen molar-refractivity contribution in [2.24, 2.45) is 5.73 Å². The molecule has 2 unspecified atom stereocenters. The highest BCUT2D eigenvalue weighted by Crippen LogP contribution is 2.33. The number of rotatable bonds is 5. The van der Waals surface area contributed by atoms with Gasteiger partial charge in [-0.05, 0) is 38.0 Å². The van der Waals surface area contributed by atoms with Crippen molar-refractivity contribution in [2.75, 3.05) is 6.61 Å². The first-order valence-corrected chi connectivity index (χ1v) is 6.85. The molecule has 1 heterocycles. The minimum atomic E-state index is -0.348. The number of aromatic nitrogens is 1. The lowest BCUT2D eigenvalue weighted by Crippen LogP contribution is -2.40. The van der Waals surface area contributed by atoms with Gasteiger partial charge in [-0.3, -0.25) is 4.98 Å². The molecule has 102 valence electrons. The van der Waals surface area contributed by atoms with Crippen molar-refractivity contribution in [1.29, 1.82) is 0 Å². The minimum absolute atomic E-state index is 0.162. The van der Waals surface area contributed by atoms with Gasteiger partial charge in [0.05, 0.1) is 17.2 Å². The van der Waals surface area contributed by atoms with Gasteiger partial charge < -0.3 is 10.5 Å². The van der Waals surface area contributed by atoms with E-state index in [-0.39, 0.29) is 11.6 Å². The molecule has 0 saturated heterocycles. The van der Waals surface area contributed by atoms with Crippen LogP contribution in [0.3, 0.4) is 0 Å². The summed E-state index contributed by atoms with van der Waals surface area (Å²) in [6.07, 6.45) is 2.68. The topological polar surface area (TPSA) is 48.1 Å². The highest BCUT2D eigenvalue weighted by Gasteiger charge is 2.32. The fraction of sp³-hybridized carbons (Fsp3) is 0.438. The number of nitrogens with zero attached hydrogens (tertiary/aromatic N) is 1. The first kappa shape index (κ1) is 14.0. The van der Waals surface area contributed by atoms with E-state index in [9.17, 15) is 0 Å². The van der Waals surface area contributed by atoms with Crippen LogP contribution in [0.2, 0.25) is 0 Å². The molecular weight excluding hydrogens is 236 g/mol. The van der Waals surface area contributed by atoms with Crippen LogP contribution < -0.4 is 5.73 Å². The van der Waals surface area contributed by atoms with Crippen molar-refractivity contribution in [3.8, 4) is 0 Å². The zero-order chi connectivity index (χ0) is 13.9. The second-order valence-electron chi connectivity index (χ2n) is 4.99. The van der Waals surface area contributed by atoms with E-state index in [0.717, 1.165) is 22.9 Å².